The quantitative estimate of drug-likeness (QED) is 0.779. The molecule has 1 N–H and O–H groups in total. The van der Waals surface area contributed by atoms with E-state index in [-0.39, 0.29) is 24.5 Å². The van der Waals surface area contributed by atoms with Crippen molar-refractivity contribution in [2.45, 2.75) is 43.4 Å². The number of amides is 1. The van der Waals surface area contributed by atoms with Crippen LogP contribution in [0.4, 0.5) is 4.39 Å². The molecule has 1 aliphatic rings. The molecule has 3 atom stereocenters. The van der Waals surface area contributed by atoms with Crippen LogP contribution in [0, 0.1) is 5.82 Å². The molecule has 1 aliphatic heterocycles. The van der Waals surface area contributed by atoms with Crippen LogP contribution < -0.4 is 4.72 Å². The standard InChI is InChI=1S/C21H25FN2O4S/c1-15-13-24(14-16(2)28-15)21(25)19(12-17-8-4-3-5-9-17)23-29(26,27)20-11-7-6-10-18(20)22/h3-11,15-16,19,23H,12-14H2,1-2H3. The van der Waals surface area contributed by atoms with Crippen molar-refractivity contribution < 1.29 is 22.3 Å². The molecule has 0 aromatic heterocycles. The van der Waals surface area contributed by atoms with Gasteiger partial charge in [0.15, 0.2) is 0 Å². The Kier molecular flexibility index (Phi) is 6.66. The molecule has 0 saturated carbocycles. The predicted octanol–water partition coefficient (Wildman–Crippen LogP) is 2.35. The van der Waals surface area contributed by atoms with Gasteiger partial charge in [-0.05, 0) is 38.0 Å². The van der Waals surface area contributed by atoms with Crippen molar-refractivity contribution in [3.63, 3.8) is 0 Å². The number of sulfonamides is 1. The van der Waals surface area contributed by atoms with Crippen LogP contribution in [0.2, 0.25) is 0 Å². The first-order chi connectivity index (χ1) is 13.8. The Morgan fingerprint density at radius 1 is 1.10 bits per heavy atom. The van der Waals surface area contributed by atoms with Gasteiger partial charge in [0.2, 0.25) is 15.9 Å². The summed E-state index contributed by atoms with van der Waals surface area (Å²) in [4.78, 5) is 14.4. The van der Waals surface area contributed by atoms with Gasteiger partial charge in [0.05, 0.1) is 12.2 Å². The van der Waals surface area contributed by atoms with Crippen molar-refractivity contribution in [2.24, 2.45) is 0 Å². The Bertz CT molecular complexity index is 942. The summed E-state index contributed by atoms with van der Waals surface area (Å²) in [6.07, 6.45) is -0.139. The highest BCUT2D eigenvalue weighted by atomic mass is 32.2. The lowest BCUT2D eigenvalue weighted by atomic mass is 10.0. The average Bonchev–Trinajstić information content (AvgIpc) is 2.67. The maximum absolute atomic E-state index is 14.1. The van der Waals surface area contributed by atoms with E-state index in [9.17, 15) is 17.6 Å². The predicted molar refractivity (Wildman–Crippen MR) is 107 cm³/mol. The lowest BCUT2D eigenvalue weighted by Crippen LogP contribution is -2.55. The molecular formula is C21H25FN2O4S. The van der Waals surface area contributed by atoms with Gasteiger partial charge in [-0.3, -0.25) is 4.79 Å². The molecule has 1 amide bonds. The van der Waals surface area contributed by atoms with Gasteiger partial charge >= 0.3 is 0 Å². The molecule has 1 heterocycles. The molecule has 3 unspecified atom stereocenters. The Balaban J connectivity index is 1.88. The molecule has 1 fully saturated rings. The molecule has 1 saturated heterocycles. The number of nitrogens with zero attached hydrogens (tertiary/aromatic N) is 1. The summed E-state index contributed by atoms with van der Waals surface area (Å²) in [6.45, 7) is 4.48. The van der Waals surface area contributed by atoms with E-state index in [0.29, 0.717) is 13.1 Å². The molecule has 0 aliphatic carbocycles. The number of ether oxygens (including phenoxy) is 1. The monoisotopic (exact) mass is 420 g/mol. The topological polar surface area (TPSA) is 75.7 Å². The third kappa shape index (κ3) is 5.41. The number of hydrogen-bond donors (Lipinski definition) is 1. The number of carbonyl (C=O) groups excluding carboxylic acids is 1. The summed E-state index contributed by atoms with van der Waals surface area (Å²) in [6, 6.07) is 13.2. The van der Waals surface area contributed by atoms with Crippen LogP contribution in [0.15, 0.2) is 59.5 Å². The third-order valence-electron chi connectivity index (χ3n) is 4.74. The molecule has 2 aromatic carbocycles. The van der Waals surface area contributed by atoms with E-state index in [1.54, 1.807) is 4.90 Å². The van der Waals surface area contributed by atoms with Crippen molar-refractivity contribution in [1.29, 1.82) is 0 Å². The van der Waals surface area contributed by atoms with Crippen LogP contribution in [0.5, 0.6) is 0 Å². The van der Waals surface area contributed by atoms with E-state index < -0.39 is 26.8 Å². The van der Waals surface area contributed by atoms with Crippen molar-refractivity contribution >= 4 is 15.9 Å². The van der Waals surface area contributed by atoms with Crippen LogP contribution in [-0.2, 0) is 26.0 Å². The fourth-order valence-electron chi connectivity index (χ4n) is 3.52. The summed E-state index contributed by atoms with van der Waals surface area (Å²) in [5, 5.41) is 0. The van der Waals surface area contributed by atoms with Crippen LogP contribution in [0.25, 0.3) is 0 Å². The molecule has 29 heavy (non-hydrogen) atoms. The number of halogens is 1. The zero-order valence-corrected chi connectivity index (χ0v) is 17.2. The molecule has 0 radical (unpaired) electrons. The van der Waals surface area contributed by atoms with Gasteiger partial charge in [-0.25, -0.2) is 12.8 Å². The maximum Gasteiger partial charge on any atom is 0.244 e. The Morgan fingerprint density at radius 2 is 1.69 bits per heavy atom. The molecule has 6 nitrogen and oxygen atoms in total. The van der Waals surface area contributed by atoms with Crippen molar-refractivity contribution in [1.82, 2.24) is 9.62 Å². The first kappa shape index (κ1) is 21.4. The van der Waals surface area contributed by atoms with E-state index in [0.717, 1.165) is 11.6 Å². The minimum atomic E-state index is -4.22. The lowest BCUT2D eigenvalue weighted by Gasteiger charge is -2.37. The Hall–Kier alpha value is -2.29. The molecule has 2 aromatic rings. The first-order valence-corrected chi connectivity index (χ1v) is 11.0. The van der Waals surface area contributed by atoms with Crippen molar-refractivity contribution in [2.75, 3.05) is 13.1 Å². The summed E-state index contributed by atoms with van der Waals surface area (Å²) < 4.78 is 47.8. The van der Waals surface area contributed by atoms with Crippen LogP contribution in [0.3, 0.4) is 0 Å². The zero-order valence-electron chi connectivity index (χ0n) is 16.4. The van der Waals surface area contributed by atoms with Gasteiger partial charge in [0, 0.05) is 13.1 Å². The van der Waals surface area contributed by atoms with Gasteiger partial charge in [0.25, 0.3) is 0 Å². The average molecular weight is 421 g/mol. The van der Waals surface area contributed by atoms with Gasteiger partial charge in [-0.15, -0.1) is 0 Å². The normalized spacial score (nSPS) is 21.0. The summed E-state index contributed by atoms with van der Waals surface area (Å²) >= 11 is 0. The fourth-order valence-corrected chi connectivity index (χ4v) is 4.79. The molecule has 156 valence electrons. The lowest BCUT2D eigenvalue weighted by molar-refractivity contribution is -0.144. The second-order valence-electron chi connectivity index (χ2n) is 7.29. The van der Waals surface area contributed by atoms with Crippen LogP contribution in [-0.4, -0.2) is 50.6 Å². The minimum Gasteiger partial charge on any atom is -0.372 e. The summed E-state index contributed by atoms with van der Waals surface area (Å²) in [5.74, 6) is -1.21. The number of benzene rings is 2. The summed E-state index contributed by atoms with van der Waals surface area (Å²) in [7, 11) is -4.22. The largest absolute Gasteiger partial charge is 0.372 e. The van der Waals surface area contributed by atoms with Crippen LogP contribution >= 0.6 is 0 Å². The summed E-state index contributed by atoms with van der Waals surface area (Å²) in [5.41, 5.74) is 0.802. The number of morpholine rings is 1. The molecular weight excluding hydrogens is 395 g/mol. The maximum atomic E-state index is 14.1. The number of carbonyl (C=O) groups is 1. The highest BCUT2D eigenvalue weighted by molar-refractivity contribution is 7.89. The van der Waals surface area contributed by atoms with Gasteiger partial charge in [0.1, 0.15) is 16.8 Å². The molecule has 8 heteroatoms. The van der Waals surface area contributed by atoms with E-state index in [1.807, 2.05) is 44.2 Å². The van der Waals surface area contributed by atoms with E-state index >= 15 is 0 Å². The second-order valence-corrected chi connectivity index (χ2v) is 8.98. The smallest absolute Gasteiger partial charge is 0.244 e. The first-order valence-electron chi connectivity index (χ1n) is 9.51. The number of rotatable bonds is 6. The van der Waals surface area contributed by atoms with Gasteiger partial charge < -0.3 is 9.64 Å². The minimum absolute atomic E-state index is 0.150. The number of nitrogens with one attached hydrogen (secondary N) is 1. The van der Waals surface area contributed by atoms with Crippen molar-refractivity contribution in [3.05, 3.63) is 66.0 Å². The third-order valence-corrected chi connectivity index (χ3v) is 6.24. The van der Waals surface area contributed by atoms with Gasteiger partial charge in [-0.2, -0.15) is 4.72 Å². The molecule has 3 rings (SSSR count). The Morgan fingerprint density at radius 3 is 2.31 bits per heavy atom. The Labute approximate surface area is 170 Å². The fraction of sp³-hybridized carbons (Fsp3) is 0.381. The van der Waals surface area contributed by atoms with E-state index in [1.165, 1.54) is 18.2 Å². The van der Waals surface area contributed by atoms with Crippen molar-refractivity contribution in [3.8, 4) is 0 Å². The SMILES string of the molecule is CC1CN(C(=O)C(Cc2ccccc2)NS(=O)(=O)c2ccccc2F)CC(C)O1. The van der Waals surface area contributed by atoms with E-state index in [4.69, 9.17) is 4.74 Å². The van der Waals surface area contributed by atoms with Crippen LogP contribution in [0.1, 0.15) is 19.4 Å². The zero-order chi connectivity index (χ0) is 21.0. The molecule has 0 bridgehead atoms. The van der Waals surface area contributed by atoms with E-state index in [2.05, 4.69) is 4.72 Å². The molecule has 0 spiro atoms. The highest BCUT2D eigenvalue weighted by Gasteiger charge is 2.34. The van der Waals surface area contributed by atoms with Gasteiger partial charge in [-0.1, -0.05) is 42.5 Å². The highest BCUT2D eigenvalue weighted by Crippen LogP contribution is 2.18. The number of hydrogen-bond acceptors (Lipinski definition) is 4. The second kappa shape index (κ2) is 9.02.